The van der Waals surface area contributed by atoms with E-state index in [-0.39, 0.29) is 16.4 Å². The average molecular weight is 189 g/mol. The lowest BCUT2D eigenvalue weighted by atomic mass is 10.3. The fourth-order valence-corrected chi connectivity index (χ4v) is 2.94. The molecule has 1 amide bonds. The number of hydrogen-bond acceptors (Lipinski definition) is 2. The minimum Gasteiger partial charge on any atom is -0.341 e. The van der Waals surface area contributed by atoms with Gasteiger partial charge in [0, 0.05) is 41.3 Å². The zero-order valence-corrected chi connectivity index (χ0v) is 8.56. The second kappa shape index (κ2) is 3.56. The van der Waals surface area contributed by atoms with Crippen molar-refractivity contribution in [1.29, 1.82) is 0 Å². The summed E-state index contributed by atoms with van der Waals surface area (Å²) in [5.41, 5.74) is 0. The van der Waals surface area contributed by atoms with Crippen molar-refractivity contribution in [3.05, 3.63) is 0 Å². The molecule has 1 rings (SSSR count). The first-order chi connectivity index (χ1) is 5.52. The molecule has 0 bridgehead atoms. The quantitative estimate of drug-likeness (QED) is 0.552. The number of carbonyl (C=O) groups excluding carboxylic acids is 1. The van der Waals surface area contributed by atoms with Gasteiger partial charge in [0.1, 0.15) is 0 Å². The van der Waals surface area contributed by atoms with Crippen LogP contribution in [-0.2, 0) is 15.6 Å². The van der Waals surface area contributed by atoms with Crippen LogP contribution in [0.4, 0.5) is 0 Å². The second-order valence-corrected chi connectivity index (χ2v) is 5.64. The highest BCUT2D eigenvalue weighted by atomic mass is 32.2. The molecule has 0 saturated carbocycles. The molecule has 0 aromatic rings. The highest BCUT2D eigenvalue weighted by molar-refractivity contribution is 7.86. The van der Waals surface area contributed by atoms with Gasteiger partial charge < -0.3 is 4.90 Å². The maximum atomic E-state index is 11.5. The molecular formula is C8H15NO2S. The third-order valence-electron chi connectivity index (χ3n) is 2.19. The lowest BCUT2D eigenvalue weighted by Crippen LogP contribution is -2.48. The molecule has 70 valence electrons. The molecule has 0 aromatic heterocycles. The summed E-state index contributed by atoms with van der Waals surface area (Å²) in [6, 6.07) is 0. The maximum absolute atomic E-state index is 11.5. The molecule has 1 aliphatic rings. The molecule has 1 heterocycles. The van der Waals surface area contributed by atoms with Crippen LogP contribution in [0.5, 0.6) is 0 Å². The fourth-order valence-electron chi connectivity index (χ4n) is 1.50. The van der Waals surface area contributed by atoms with Crippen molar-refractivity contribution in [3.8, 4) is 0 Å². The SMILES string of the molecule is CC(=O)N1CC(C)S(=O)C(C)C1. The zero-order chi connectivity index (χ0) is 9.30. The van der Waals surface area contributed by atoms with Crippen molar-refractivity contribution in [2.75, 3.05) is 13.1 Å². The van der Waals surface area contributed by atoms with E-state index in [0.717, 1.165) is 0 Å². The summed E-state index contributed by atoms with van der Waals surface area (Å²) in [5, 5.41) is 0.246. The lowest BCUT2D eigenvalue weighted by molar-refractivity contribution is -0.129. The molecule has 1 fully saturated rings. The molecule has 1 aliphatic heterocycles. The van der Waals surface area contributed by atoms with E-state index >= 15 is 0 Å². The molecule has 3 nitrogen and oxygen atoms in total. The topological polar surface area (TPSA) is 37.4 Å². The Hall–Kier alpha value is -0.380. The van der Waals surface area contributed by atoms with Gasteiger partial charge in [-0.15, -0.1) is 0 Å². The zero-order valence-electron chi connectivity index (χ0n) is 7.74. The highest BCUT2D eigenvalue weighted by Crippen LogP contribution is 2.14. The van der Waals surface area contributed by atoms with Crippen LogP contribution in [-0.4, -0.2) is 38.6 Å². The number of rotatable bonds is 0. The van der Waals surface area contributed by atoms with Gasteiger partial charge in [-0.05, 0) is 13.8 Å². The van der Waals surface area contributed by atoms with Crippen molar-refractivity contribution >= 4 is 16.7 Å². The van der Waals surface area contributed by atoms with Crippen LogP contribution in [0, 0.1) is 0 Å². The monoisotopic (exact) mass is 189 g/mol. The van der Waals surface area contributed by atoms with Gasteiger partial charge in [0.2, 0.25) is 5.91 Å². The number of carbonyl (C=O) groups is 1. The first-order valence-electron chi connectivity index (χ1n) is 4.17. The van der Waals surface area contributed by atoms with Gasteiger partial charge in [-0.2, -0.15) is 0 Å². The van der Waals surface area contributed by atoms with E-state index < -0.39 is 10.8 Å². The number of amides is 1. The Morgan fingerprint density at radius 1 is 1.33 bits per heavy atom. The molecule has 2 unspecified atom stereocenters. The maximum Gasteiger partial charge on any atom is 0.219 e. The van der Waals surface area contributed by atoms with Gasteiger partial charge in [-0.3, -0.25) is 9.00 Å². The summed E-state index contributed by atoms with van der Waals surface area (Å²) in [6.07, 6.45) is 0. The minimum atomic E-state index is -0.761. The predicted molar refractivity (Wildman–Crippen MR) is 49.3 cm³/mol. The fraction of sp³-hybridized carbons (Fsp3) is 0.875. The summed E-state index contributed by atoms with van der Waals surface area (Å²) < 4.78 is 11.5. The van der Waals surface area contributed by atoms with E-state index in [2.05, 4.69) is 0 Å². The molecule has 1 saturated heterocycles. The molecule has 12 heavy (non-hydrogen) atoms. The molecule has 4 heteroatoms. The Balaban J connectivity index is 2.65. The van der Waals surface area contributed by atoms with Gasteiger partial charge in [0.05, 0.1) is 0 Å². The molecule has 2 atom stereocenters. The highest BCUT2D eigenvalue weighted by Gasteiger charge is 2.29. The average Bonchev–Trinajstić information content (AvgIpc) is 1.99. The molecule has 0 aliphatic carbocycles. The van der Waals surface area contributed by atoms with Crippen molar-refractivity contribution in [2.24, 2.45) is 0 Å². The van der Waals surface area contributed by atoms with Crippen molar-refractivity contribution in [1.82, 2.24) is 4.90 Å². The Labute approximate surface area is 75.6 Å². The summed E-state index contributed by atoms with van der Waals surface area (Å²) in [6.45, 7) is 6.72. The van der Waals surface area contributed by atoms with Crippen LogP contribution in [0.25, 0.3) is 0 Å². The normalized spacial score (nSPS) is 36.6. The van der Waals surface area contributed by atoms with Gasteiger partial charge in [0.25, 0.3) is 0 Å². The summed E-state index contributed by atoms with van der Waals surface area (Å²) in [5.74, 6) is 0.0883. The molecule has 0 radical (unpaired) electrons. The van der Waals surface area contributed by atoms with Crippen LogP contribution in [0.1, 0.15) is 20.8 Å². The van der Waals surface area contributed by atoms with Gasteiger partial charge in [-0.25, -0.2) is 0 Å². The van der Waals surface area contributed by atoms with Crippen LogP contribution in [0.3, 0.4) is 0 Å². The lowest BCUT2D eigenvalue weighted by Gasteiger charge is -2.33. The second-order valence-electron chi connectivity index (χ2n) is 3.37. The third-order valence-corrected chi connectivity index (χ3v) is 4.08. The Morgan fingerprint density at radius 2 is 1.75 bits per heavy atom. The smallest absolute Gasteiger partial charge is 0.219 e. The van der Waals surface area contributed by atoms with Crippen LogP contribution < -0.4 is 0 Å². The Morgan fingerprint density at radius 3 is 2.08 bits per heavy atom. The number of nitrogens with zero attached hydrogens (tertiary/aromatic N) is 1. The third kappa shape index (κ3) is 1.86. The standard InChI is InChI=1S/C8H15NO2S/c1-6-4-9(8(3)10)5-7(2)12(6)11/h6-7H,4-5H2,1-3H3. The van der Waals surface area contributed by atoms with E-state index in [1.165, 1.54) is 0 Å². The van der Waals surface area contributed by atoms with Crippen molar-refractivity contribution in [2.45, 2.75) is 31.3 Å². The summed E-state index contributed by atoms with van der Waals surface area (Å²) in [7, 11) is -0.761. The number of hydrogen-bond donors (Lipinski definition) is 0. The Bertz CT molecular complexity index is 203. The molecule has 0 N–H and O–H groups in total. The minimum absolute atomic E-state index is 0.0883. The van der Waals surface area contributed by atoms with E-state index in [9.17, 15) is 9.00 Å². The first kappa shape index (κ1) is 9.71. The van der Waals surface area contributed by atoms with Gasteiger partial charge in [-0.1, -0.05) is 0 Å². The van der Waals surface area contributed by atoms with Crippen molar-refractivity contribution < 1.29 is 9.00 Å². The largest absolute Gasteiger partial charge is 0.341 e. The van der Waals surface area contributed by atoms with Crippen LogP contribution in [0.15, 0.2) is 0 Å². The van der Waals surface area contributed by atoms with Gasteiger partial charge in [0.15, 0.2) is 0 Å². The van der Waals surface area contributed by atoms with Crippen LogP contribution >= 0.6 is 0 Å². The van der Waals surface area contributed by atoms with Crippen molar-refractivity contribution in [3.63, 3.8) is 0 Å². The summed E-state index contributed by atoms with van der Waals surface area (Å²) in [4.78, 5) is 12.8. The first-order valence-corrected chi connectivity index (χ1v) is 5.45. The summed E-state index contributed by atoms with van der Waals surface area (Å²) >= 11 is 0. The van der Waals surface area contributed by atoms with E-state index in [0.29, 0.717) is 13.1 Å². The predicted octanol–water partition coefficient (Wildman–Crippen LogP) is 0.374. The van der Waals surface area contributed by atoms with Gasteiger partial charge >= 0.3 is 0 Å². The van der Waals surface area contributed by atoms with Crippen LogP contribution in [0.2, 0.25) is 0 Å². The molecular weight excluding hydrogens is 174 g/mol. The molecule has 0 spiro atoms. The van der Waals surface area contributed by atoms with E-state index in [1.54, 1.807) is 11.8 Å². The Kier molecular flexibility index (Phi) is 2.88. The molecule has 0 aromatic carbocycles. The van der Waals surface area contributed by atoms with E-state index in [4.69, 9.17) is 0 Å². The van der Waals surface area contributed by atoms with E-state index in [1.807, 2.05) is 13.8 Å².